The van der Waals surface area contributed by atoms with Gasteiger partial charge in [0.05, 0.1) is 10.2 Å². The summed E-state index contributed by atoms with van der Waals surface area (Å²) in [6, 6.07) is 7.48. The molecule has 0 saturated carbocycles. The first kappa shape index (κ1) is 5.86. The van der Waals surface area contributed by atoms with Crippen molar-refractivity contribution in [2.75, 3.05) is 0 Å². The molecule has 0 atom stereocenters. The van der Waals surface area contributed by atoms with Crippen molar-refractivity contribution in [3.63, 3.8) is 0 Å². The Morgan fingerprint density at radius 3 is 2.00 bits per heavy atom. The second kappa shape index (κ2) is 2.33. The molecule has 0 spiro atoms. The van der Waals surface area contributed by atoms with Crippen LogP contribution in [0.2, 0.25) is 5.02 Å². The number of halogens is 1. The van der Waals surface area contributed by atoms with Crippen LogP contribution < -0.4 is 5.19 Å². The zero-order valence-electron chi connectivity index (χ0n) is 4.19. The predicted molar refractivity (Wildman–Crippen MR) is 36.8 cm³/mol. The van der Waals surface area contributed by atoms with Gasteiger partial charge in [0.1, 0.15) is 0 Å². The lowest BCUT2D eigenvalue weighted by molar-refractivity contribution is 1.77. The number of benzene rings is 1. The molecule has 0 aliphatic carbocycles. The molecule has 1 aromatic carbocycles. The molecule has 0 aliphatic heterocycles. The third-order valence-corrected chi connectivity index (χ3v) is 1.43. The Balaban J connectivity index is 3.03. The van der Waals surface area contributed by atoms with Crippen molar-refractivity contribution in [3.8, 4) is 0 Å². The molecular formula is C6H4ClSi. The predicted octanol–water partition coefficient (Wildman–Crippen LogP) is 1.13. The number of hydrogen-bond acceptors (Lipinski definition) is 0. The van der Waals surface area contributed by atoms with Crippen LogP contribution in [0.4, 0.5) is 0 Å². The molecule has 0 aromatic heterocycles. The van der Waals surface area contributed by atoms with E-state index in [1.807, 2.05) is 24.3 Å². The molecule has 0 saturated heterocycles. The van der Waals surface area contributed by atoms with Crippen molar-refractivity contribution >= 4 is 27.0 Å². The maximum absolute atomic E-state index is 5.59. The fraction of sp³-hybridized carbons (Fsp3) is 0. The molecule has 0 heterocycles. The van der Waals surface area contributed by atoms with Crippen molar-refractivity contribution in [1.82, 2.24) is 0 Å². The number of rotatable bonds is 0. The Hall–Kier alpha value is -0.273. The maximum atomic E-state index is 5.59. The topological polar surface area (TPSA) is 0 Å². The summed E-state index contributed by atoms with van der Waals surface area (Å²) in [5.41, 5.74) is 0. The van der Waals surface area contributed by atoms with Crippen LogP contribution in [0, 0.1) is 0 Å². The minimum Gasteiger partial charge on any atom is -0.0843 e. The molecule has 0 amide bonds. The lowest BCUT2D eigenvalue weighted by Gasteiger charge is -1.87. The van der Waals surface area contributed by atoms with Gasteiger partial charge in [-0.15, -0.1) is 0 Å². The van der Waals surface area contributed by atoms with Crippen molar-refractivity contribution in [2.45, 2.75) is 0 Å². The smallest absolute Gasteiger partial charge is 0.0711 e. The van der Waals surface area contributed by atoms with E-state index < -0.39 is 0 Å². The molecule has 0 unspecified atom stereocenters. The van der Waals surface area contributed by atoms with Gasteiger partial charge in [0.15, 0.2) is 0 Å². The normalized spacial score (nSPS) is 9.25. The molecule has 0 fully saturated rings. The van der Waals surface area contributed by atoms with Crippen LogP contribution in [0.1, 0.15) is 0 Å². The van der Waals surface area contributed by atoms with E-state index in [1.165, 1.54) is 0 Å². The summed E-state index contributed by atoms with van der Waals surface area (Å²) in [5, 5.41) is 1.82. The summed E-state index contributed by atoms with van der Waals surface area (Å²) in [7, 11) is 3.33. The highest BCUT2D eigenvalue weighted by atomic mass is 35.5. The Kier molecular flexibility index (Phi) is 1.71. The molecule has 0 nitrogen and oxygen atoms in total. The van der Waals surface area contributed by atoms with Crippen LogP contribution in [0.25, 0.3) is 0 Å². The van der Waals surface area contributed by atoms with Gasteiger partial charge in [-0.25, -0.2) is 0 Å². The van der Waals surface area contributed by atoms with Gasteiger partial charge in [-0.1, -0.05) is 28.9 Å². The van der Waals surface area contributed by atoms with Gasteiger partial charge < -0.3 is 0 Å². The van der Waals surface area contributed by atoms with Crippen LogP contribution in [0.15, 0.2) is 24.3 Å². The van der Waals surface area contributed by atoms with Crippen molar-refractivity contribution in [3.05, 3.63) is 29.3 Å². The highest BCUT2D eigenvalue weighted by Gasteiger charge is 1.82. The molecule has 0 bridgehead atoms. The maximum Gasteiger partial charge on any atom is 0.0711 e. The summed E-state index contributed by atoms with van der Waals surface area (Å²) in [6.45, 7) is 0. The molecule has 0 aliphatic rings. The Morgan fingerprint density at radius 2 is 1.62 bits per heavy atom. The second-order valence-electron chi connectivity index (χ2n) is 1.51. The van der Waals surface area contributed by atoms with Crippen molar-refractivity contribution in [2.24, 2.45) is 0 Å². The monoisotopic (exact) mass is 139 g/mol. The fourth-order valence-electron chi connectivity index (χ4n) is 0.450. The molecule has 3 radical (unpaired) electrons. The Labute approximate surface area is 56.9 Å². The Bertz CT molecular complexity index is 147. The van der Waals surface area contributed by atoms with Crippen LogP contribution in [0.5, 0.6) is 0 Å². The fourth-order valence-corrected chi connectivity index (χ4v) is 0.743. The SMILES string of the molecule is [Si]c1ccc(Cl)cc1. The van der Waals surface area contributed by atoms with E-state index in [9.17, 15) is 0 Å². The minimum atomic E-state index is 0.770. The molecule has 1 rings (SSSR count). The standard InChI is InChI=1S/C6H4ClSi/c7-5-1-3-6(8)4-2-5/h1-4H. The first-order valence-electron chi connectivity index (χ1n) is 2.26. The largest absolute Gasteiger partial charge is 0.0843 e. The zero-order valence-corrected chi connectivity index (χ0v) is 5.94. The van der Waals surface area contributed by atoms with E-state index in [0.717, 1.165) is 10.2 Å². The molecule has 2 heteroatoms. The molecular weight excluding hydrogens is 136 g/mol. The van der Waals surface area contributed by atoms with Crippen LogP contribution in [-0.4, -0.2) is 10.2 Å². The van der Waals surface area contributed by atoms with Crippen molar-refractivity contribution < 1.29 is 0 Å². The number of hydrogen-bond donors (Lipinski definition) is 0. The second-order valence-corrected chi connectivity index (χ2v) is 2.52. The highest BCUT2D eigenvalue weighted by molar-refractivity contribution is 6.34. The summed E-state index contributed by atoms with van der Waals surface area (Å²) >= 11 is 5.59. The van der Waals surface area contributed by atoms with Gasteiger partial charge in [0.25, 0.3) is 0 Å². The highest BCUT2D eigenvalue weighted by Crippen LogP contribution is 2.02. The summed E-state index contributed by atoms with van der Waals surface area (Å²) < 4.78 is 0. The van der Waals surface area contributed by atoms with Crippen LogP contribution >= 0.6 is 11.6 Å². The molecule has 8 heavy (non-hydrogen) atoms. The van der Waals surface area contributed by atoms with Gasteiger partial charge in [0.2, 0.25) is 0 Å². The van der Waals surface area contributed by atoms with E-state index in [2.05, 4.69) is 10.2 Å². The summed E-state index contributed by atoms with van der Waals surface area (Å²) in [4.78, 5) is 0. The van der Waals surface area contributed by atoms with Gasteiger partial charge in [-0.3, -0.25) is 0 Å². The van der Waals surface area contributed by atoms with E-state index >= 15 is 0 Å². The first-order chi connectivity index (χ1) is 3.79. The summed E-state index contributed by atoms with van der Waals surface area (Å²) in [5.74, 6) is 0. The third-order valence-electron chi connectivity index (χ3n) is 0.844. The van der Waals surface area contributed by atoms with E-state index in [0.29, 0.717) is 0 Å². The average molecular weight is 140 g/mol. The van der Waals surface area contributed by atoms with Gasteiger partial charge in [0, 0.05) is 5.02 Å². The van der Waals surface area contributed by atoms with Gasteiger partial charge in [-0.05, 0) is 12.1 Å². The van der Waals surface area contributed by atoms with E-state index in [4.69, 9.17) is 11.6 Å². The van der Waals surface area contributed by atoms with Crippen molar-refractivity contribution in [1.29, 1.82) is 0 Å². The van der Waals surface area contributed by atoms with Crippen LogP contribution in [-0.2, 0) is 0 Å². The first-order valence-corrected chi connectivity index (χ1v) is 3.14. The average Bonchev–Trinajstić information content (AvgIpc) is 1.77. The lowest BCUT2D eigenvalue weighted by Crippen LogP contribution is -1.97. The van der Waals surface area contributed by atoms with E-state index in [1.54, 1.807) is 0 Å². The molecule has 1 aromatic rings. The summed E-state index contributed by atoms with van der Waals surface area (Å²) in [6.07, 6.45) is 0. The van der Waals surface area contributed by atoms with E-state index in [-0.39, 0.29) is 0 Å². The van der Waals surface area contributed by atoms with Gasteiger partial charge in [-0.2, -0.15) is 0 Å². The van der Waals surface area contributed by atoms with Gasteiger partial charge >= 0.3 is 0 Å². The lowest BCUT2D eigenvalue weighted by atomic mass is 10.4. The molecule has 0 N–H and O–H groups in total. The zero-order chi connectivity index (χ0) is 5.98. The third kappa shape index (κ3) is 1.35. The van der Waals surface area contributed by atoms with Crippen LogP contribution in [0.3, 0.4) is 0 Å². The quantitative estimate of drug-likeness (QED) is 0.473. The molecule has 39 valence electrons. The Morgan fingerprint density at radius 1 is 1.12 bits per heavy atom. The minimum absolute atomic E-state index is 0.770.